The summed E-state index contributed by atoms with van der Waals surface area (Å²) in [4.78, 5) is 22.0. The standard InChI is InChI=1S/C11H9ClN2O3/c12-7-4-2-1-3-6(7)8-5-9(10(15)16)14-11(17)13-8/h1-5,8H,(H,15,16)(H2,13,14,17)/p-1/t8-/m0/s1. The van der Waals surface area contributed by atoms with Gasteiger partial charge in [-0.25, -0.2) is 4.79 Å². The maximum absolute atomic E-state index is 11.3. The van der Waals surface area contributed by atoms with Crippen molar-refractivity contribution in [2.24, 2.45) is 0 Å². The highest BCUT2D eigenvalue weighted by Crippen LogP contribution is 2.25. The molecular weight excluding hydrogens is 244 g/mol. The van der Waals surface area contributed by atoms with Gasteiger partial charge in [0.1, 0.15) is 0 Å². The van der Waals surface area contributed by atoms with Crippen molar-refractivity contribution in [2.75, 3.05) is 0 Å². The molecule has 1 aromatic carbocycles. The van der Waals surface area contributed by atoms with Gasteiger partial charge >= 0.3 is 6.03 Å². The van der Waals surface area contributed by atoms with Crippen LogP contribution in [0.25, 0.3) is 0 Å². The van der Waals surface area contributed by atoms with Crippen molar-refractivity contribution < 1.29 is 14.7 Å². The zero-order valence-electron chi connectivity index (χ0n) is 8.57. The molecule has 1 aromatic rings. The van der Waals surface area contributed by atoms with Gasteiger partial charge in [0.15, 0.2) is 0 Å². The van der Waals surface area contributed by atoms with Crippen LogP contribution in [0.5, 0.6) is 0 Å². The molecule has 0 radical (unpaired) electrons. The van der Waals surface area contributed by atoms with Crippen LogP contribution in [0.3, 0.4) is 0 Å². The fourth-order valence-corrected chi connectivity index (χ4v) is 1.82. The number of hydrogen-bond acceptors (Lipinski definition) is 3. The summed E-state index contributed by atoms with van der Waals surface area (Å²) in [5, 5.41) is 15.9. The Morgan fingerprint density at radius 3 is 2.71 bits per heavy atom. The minimum atomic E-state index is -1.43. The maximum atomic E-state index is 11.3. The number of rotatable bonds is 2. The second kappa shape index (κ2) is 4.47. The molecule has 2 rings (SSSR count). The Kier molecular flexibility index (Phi) is 3.01. The second-order valence-electron chi connectivity index (χ2n) is 3.47. The normalized spacial score (nSPS) is 19.0. The molecule has 0 aliphatic carbocycles. The van der Waals surface area contributed by atoms with E-state index in [1.165, 1.54) is 6.08 Å². The number of aliphatic carboxylic acids is 1. The van der Waals surface area contributed by atoms with Crippen molar-refractivity contribution >= 4 is 23.6 Å². The lowest BCUT2D eigenvalue weighted by Gasteiger charge is -2.24. The van der Waals surface area contributed by atoms with Crippen molar-refractivity contribution in [2.45, 2.75) is 6.04 Å². The van der Waals surface area contributed by atoms with Gasteiger partial charge in [-0.2, -0.15) is 0 Å². The fourth-order valence-electron chi connectivity index (χ4n) is 1.56. The SMILES string of the molecule is O=C1NC(C(=O)[O-])=C[C@@H](c2ccccc2Cl)N1. The molecule has 2 N–H and O–H groups in total. The highest BCUT2D eigenvalue weighted by Gasteiger charge is 2.21. The van der Waals surface area contributed by atoms with Crippen LogP contribution in [0.15, 0.2) is 36.0 Å². The Hall–Kier alpha value is -2.01. The van der Waals surface area contributed by atoms with E-state index in [2.05, 4.69) is 10.6 Å². The van der Waals surface area contributed by atoms with E-state index in [1.807, 2.05) is 0 Å². The molecule has 88 valence electrons. The number of carboxylic acids is 1. The van der Waals surface area contributed by atoms with E-state index in [9.17, 15) is 14.7 Å². The van der Waals surface area contributed by atoms with Crippen molar-refractivity contribution in [3.05, 3.63) is 46.6 Å². The Balaban J connectivity index is 2.39. The number of halogens is 1. The smallest absolute Gasteiger partial charge is 0.320 e. The number of carboxylic acid groups (broad SMARTS) is 1. The summed E-state index contributed by atoms with van der Waals surface area (Å²) in [6.07, 6.45) is 1.35. The molecule has 1 atom stereocenters. The predicted octanol–water partition coefficient (Wildman–Crippen LogP) is 0.328. The van der Waals surface area contributed by atoms with E-state index < -0.39 is 18.0 Å². The number of carbonyl (C=O) groups excluding carboxylic acids is 2. The van der Waals surface area contributed by atoms with Gasteiger partial charge in [0.05, 0.1) is 17.7 Å². The molecule has 0 bridgehead atoms. The first-order valence-electron chi connectivity index (χ1n) is 4.83. The first-order valence-corrected chi connectivity index (χ1v) is 5.21. The van der Waals surface area contributed by atoms with Crippen molar-refractivity contribution in [3.8, 4) is 0 Å². The molecule has 1 aliphatic heterocycles. The first-order chi connectivity index (χ1) is 8.08. The largest absolute Gasteiger partial charge is 0.543 e. The third-order valence-corrected chi connectivity index (χ3v) is 2.67. The summed E-state index contributed by atoms with van der Waals surface area (Å²) in [6, 6.07) is 5.70. The van der Waals surface area contributed by atoms with Crippen LogP contribution < -0.4 is 15.7 Å². The van der Waals surface area contributed by atoms with E-state index >= 15 is 0 Å². The number of amides is 2. The molecule has 0 unspecified atom stereocenters. The number of carbonyl (C=O) groups is 2. The average molecular weight is 252 g/mol. The lowest BCUT2D eigenvalue weighted by atomic mass is 10.0. The van der Waals surface area contributed by atoms with Gasteiger partial charge in [0.25, 0.3) is 0 Å². The molecule has 0 spiro atoms. The van der Waals surface area contributed by atoms with Gasteiger partial charge in [0, 0.05) is 5.02 Å². The van der Waals surface area contributed by atoms with Crippen LogP contribution in [-0.2, 0) is 4.79 Å². The molecule has 0 fully saturated rings. The summed E-state index contributed by atoms with van der Waals surface area (Å²) in [7, 11) is 0. The summed E-state index contributed by atoms with van der Waals surface area (Å²) in [5.74, 6) is -1.43. The number of nitrogens with one attached hydrogen (secondary N) is 2. The molecular formula is C11H8ClN2O3-. The van der Waals surface area contributed by atoms with Crippen LogP contribution >= 0.6 is 11.6 Å². The molecule has 1 heterocycles. The van der Waals surface area contributed by atoms with E-state index in [-0.39, 0.29) is 5.70 Å². The van der Waals surface area contributed by atoms with Crippen LogP contribution in [0, 0.1) is 0 Å². The number of benzene rings is 1. The Labute approximate surface area is 102 Å². The quantitative estimate of drug-likeness (QED) is 0.795. The van der Waals surface area contributed by atoms with Gasteiger partial charge < -0.3 is 20.5 Å². The van der Waals surface area contributed by atoms with Gasteiger partial charge in [-0.15, -0.1) is 0 Å². The molecule has 0 saturated heterocycles. The molecule has 1 aliphatic rings. The minimum Gasteiger partial charge on any atom is -0.543 e. The average Bonchev–Trinajstić information content (AvgIpc) is 2.28. The third-order valence-electron chi connectivity index (χ3n) is 2.33. The second-order valence-corrected chi connectivity index (χ2v) is 3.87. The van der Waals surface area contributed by atoms with Crippen LogP contribution in [0.1, 0.15) is 11.6 Å². The van der Waals surface area contributed by atoms with Gasteiger partial charge in [0.2, 0.25) is 0 Å². The van der Waals surface area contributed by atoms with E-state index in [0.29, 0.717) is 10.6 Å². The van der Waals surface area contributed by atoms with Gasteiger partial charge in [-0.05, 0) is 17.7 Å². The van der Waals surface area contributed by atoms with Crippen molar-refractivity contribution in [1.82, 2.24) is 10.6 Å². The molecule has 6 heteroatoms. The highest BCUT2D eigenvalue weighted by atomic mass is 35.5. The first kappa shape index (κ1) is 11.5. The Morgan fingerprint density at radius 1 is 1.35 bits per heavy atom. The summed E-state index contributed by atoms with van der Waals surface area (Å²) >= 11 is 5.97. The van der Waals surface area contributed by atoms with E-state index in [4.69, 9.17) is 11.6 Å². The van der Waals surface area contributed by atoms with Gasteiger partial charge in [-0.1, -0.05) is 29.8 Å². The topological polar surface area (TPSA) is 81.3 Å². The van der Waals surface area contributed by atoms with E-state index in [1.54, 1.807) is 24.3 Å². The lowest BCUT2D eigenvalue weighted by molar-refractivity contribution is -0.299. The Bertz CT molecular complexity index is 513. The van der Waals surface area contributed by atoms with Crippen molar-refractivity contribution in [1.29, 1.82) is 0 Å². The van der Waals surface area contributed by atoms with Gasteiger partial charge in [-0.3, -0.25) is 0 Å². The fraction of sp³-hybridized carbons (Fsp3) is 0.0909. The summed E-state index contributed by atoms with van der Waals surface area (Å²) in [6.45, 7) is 0. The monoisotopic (exact) mass is 251 g/mol. The zero-order valence-corrected chi connectivity index (χ0v) is 9.32. The predicted molar refractivity (Wildman–Crippen MR) is 59.0 cm³/mol. The Morgan fingerprint density at radius 2 is 2.06 bits per heavy atom. The molecule has 17 heavy (non-hydrogen) atoms. The third kappa shape index (κ3) is 2.39. The highest BCUT2D eigenvalue weighted by molar-refractivity contribution is 6.31. The summed E-state index contributed by atoms with van der Waals surface area (Å²) in [5.41, 5.74) is 0.362. The minimum absolute atomic E-state index is 0.265. The summed E-state index contributed by atoms with van der Waals surface area (Å²) < 4.78 is 0. The molecule has 5 nitrogen and oxygen atoms in total. The van der Waals surface area contributed by atoms with E-state index in [0.717, 1.165) is 0 Å². The zero-order chi connectivity index (χ0) is 12.4. The van der Waals surface area contributed by atoms with Crippen molar-refractivity contribution in [3.63, 3.8) is 0 Å². The molecule has 2 amide bonds. The van der Waals surface area contributed by atoms with Crippen LogP contribution in [-0.4, -0.2) is 12.0 Å². The van der Waals surface area contributed by atoms with Crippen LogP contribution in [0.2, 0.25) is 5.02 Å². The maximum Gasteiger partial charge on any atom is 0.320 e. The number of hydrogen-bond donors (Lipinski definition) is 2. The molecule has 0 saturated carbocycles. The lowest BCUT2D eigenvalue weighted by Crippen LogP contribution is -2.46. The van der Waals surface area contributed by atoms with Crippen LogP contribution in [0.4, 0.5) is 4.79 Å². The molecule has 0 aromatic heterocycles. The number of urea groups is 1.